The Hall–Kier alpha value is 0.270. The molecule has 0 aromatic carbocycles. The van der Waals surface area contributed by atoms with Gasteiger partial charge in [-0.05, 0) is 36.0 Å². The maximum Gasteiger partial charge on any atom is 0.0724 e. The number of thiol groups is 1. The van der Waals surface area contributed by atoms with E-state index in [1.54, 1.807) is 0 Å². The van der Waals surface area contributed by atoms with E-state index >= 15 is 0 Å². The molecule has 0 bridgehead atoms. The number of rotatable bonds is 4. The van der Waals surface area contributed by atoms with Crippen molar-refractivity contribution in [3.8, 4) is 0 Å². The first-order valence-electron chi connectivity index (χ1n) is 6.74. The van der Waals surface area contributed by atoms with Gasteiger partial charge in [-0.15, -0.1) is 0 Å². The van der Waals surface area contributed by atoms with Crippen molar-refractivity contribution in [3.63, 3.8) is 0 Å². The molecule has 3 unspecified atom stereocenters. The number of likely N-dealkylation sites (tertiary alicyclic amines) is 1. The lowest BCUT2D eigenvalue weighted by Crippen LogP contribution is -2.47. The summed E-state index contributed by atoms with van der Waals surface area (Å²) in [5, 5.41) is 0. The van der Waals surface area contributed by atoms with E-state index in [0.717, 1.165) is 18.8 Å². The maximum absolute atomic E-state index is 5.57. The van der Waals surface area contributed by atoms with Gasteiger partial charge < -0.3 is 9.64 Å². The summed E-state index contributed by atoms with van der Waals surface area (Å²) in [6, 6.07) is 0. The first-order valence-corrected chi connectivity index (χ1v) is 7.37. The average Bonchev–Trinajstić information content (AvgIpc) is 2.26. The predicted octanol–water partition coefficient (Wildman–Crippen LogP) is 2.94. The van der Waals surface area contributed by atoms with Crippen molar-refractivity contribution in [3.05, 3.63) is 0 Å². The molecule has 3 heteroatoms. The Bertz CT molecular complexity index is 227. The summed E-state index contributed by atoms with van der Waals surface area (Å²) in [4.78, 5) is 2.56. The maximum atomic E-state index is 5.57. The molecule has 1 fully saturated rings. The molecule has 0 aliphatic carbocycles. The second kappa shape index (κ2) is 6.44. The van der Waals surface area contributed by atoms with Crippen molar-refractivity contribution in [1.82, 2.24) is 4.90 Å². The minimum Gasteiger partial charge on any atom is -0.380 e. The number of methoxy groups -OCH3 is 1. The molecule has 102 valence electrons. The van der Waals surface area contributed by atoms with Crippen LogP contribution in [0.1, 0.15) is 34.1 Å². The fourth-order valence-corrected chi connectivity index (χ4v) is 3.15. The highest BCUT2D eigenvalue weighted by molar-refractivity contribution is 7.80. The van der Waals surface area contributed by atoms with Crippen molar-refractivity contribution in [2.24, 2.45) is 17.3 Å². The van der Waals surface area contributed by atoms with Gasteiger partial charge in [-0.1, -0.05) is 27.7 Å². The minimum atomic E-state index is 0.341. The molecule has 0 aromatic rings. The summed E-state index contributed by atoms with van der Waals surface area (Å²) >= 11 is 4.51. The second-order valence-corrected chi connectivity index (χ2v) is 6.91. The van der Waals surface area contributed by atoms with E-state index < -0.39 is 0 Å². The van der Waals surface area contributed by atoms with E-state index in [1.165, 1.54) is 13.0 Å². The summed E-state index contributed by atoms with van der Waals surface area (Å²) in [6.07, 6.45) is 1.66. The van der Waals surface area contributed by atoms with Crippen LogP contribution in [0.2, 0.25) is 0 Å². The smallest absolute Gasteiger partial charge is 0.0724 e. The highest BCUT2D eigenvalue weighted by Gasteiger charge is 2.30. The Morgan fingerprint density at radius 3 is 2.53 bits per heavy atom. The summed E-state index contributed by atoms with van der Waals surface area (Å²) in [6.45, 7) is 12.7. The molecule has 2 nitrogen and oxygen atoms in total. The summed E-state index contributed by atoms with van der Waals surface area (Å²) in [5.74, 6) is 2.31. The highest BCUT2D eigenvalue weighted by atomic mass is 32.1. The zero-order chi connectivity index (χ0) is 13.1. The minimum absolute atomic E-state index is 0.341. The third-order valence-corrected chi connectivity index (χ3v) is 4.64. The van der Waals surface area contributed by atoms with Gasteiger partial charge in [0.25, 0.3) is 0 Å². The van der Waals surface area contributed by atoms with E-state index in [1.807, 2.05) is 7.11 Å². The van der Waals surface area contributed by atoms with Crippen molar-refractivity contribution >= 4 is 12.6 Å². The number of hydrogen-bond acceptors (Lipinski definition) is 3. The lowest BCUT2D eigenvalue weighted by atomic mass is 9.81. The summed E-state index contributed by atoms with van der Waals surface area (Å²) in [7, 11) is 1.84. The molecule has 1 rings (SSSR count). The van der Waals surface area contributed by atoms with Gasteiger partial charge >= 0.3 is 0 Å². The molecule has 1 saturated heterocycles. The third-order valence-electron chi connectivity index (χ3n) is 4.20. The van der Waals surface area contributed by atoms with Crippen LogP contribution in [-0.4, -0.2) is 43.5 Å². The average molecular weight is 259 g/mol. The lowest BCUT2D eigenvalue weighted by molar-refractivity contribution is -0.0132. The van der Waals surface area contributed by atoms with Crippen LogP contribution in [-0.2, 0) is 4.74 Å². The van der Waals surface area contributed by atoms with E-state index in [2.05, 4.69) is 45.2 Å². The van der Waals surface area contributed by atoms with Crippen LogP contribution in [0.5, 0.6) is 0 Å². The van der Waals surface area contributed by atoms with Gasteiger partial charge in [0, 0.05) is 20.2 Å². The van der Waals surface area contributed by atoms with Gasteiger partial charge in [-0.2, -0.15) is 12.6 Å². The Balaban J connectivity index is 2.51. The SMILES string of the molecule is COC1CN(CC(CS)C(C)(C)C)CCC1C. The Morgan fingerprint density at radius 2 is 2.06 bits per heavy atom. The zero-order valence-corrected chi connectivity index (χ0v) is 13.0. The molecule has 1 aliphatic heterocycles. The van der Waals surface area contributed by atoms with Crippen LogP contribution in [0.15, 0.2) is 0 Å². The van der Waals surface area contributed by atoms with Gasteiger partial charge in [0.2, 0.25) is 0 Å². The van der Waals surface area contributed by atoms with Crippen LogP contribution in [0.3, 0.4) is 0 Å². The Labute approximate surface area is 113 Å². The molecule has 17 heavy (non-hydrogen) atoms. The molecule has 0 saturated carbocycles. The molecular formula is C14H29NOS. The first kappa shape index (κ1) is 15.3. The van der Waals surface area contributed by atoms with Crippen molar-refractivity contribution < 1.29 is 4.74 Å². The molecular weight excluding hydrogens is 230 g/mol. The monoisotopic (exact) mass is 259 g/mol. The quantitative estimate of drug-likeness (QED) is 0.779. The summed E-state index contributed by atoms with van der Waals surface area (Å²) < 4.78 is 5.57. The van der Waals surface area contributed by atoms with Crippen molar-refractivity contribution in [2.75, 3.05) is 32.5 Å². The first-order chi connectivity index (χ1) is 7.88. The summed E-state index contributed by atoms with van der Waals surface area (Å²) in [5.41, 5.74) is 0.341. The van der Waals surface area contributed by atoms with Gasteiger partial charge in [-0.3, -0.25) is 0 Å². The molecule has 1 aliphatic rings. The van der Waals surface area contributed by atoms with Gasteiger partial charge in [-0.25, -0.2) is 0 Å². The van der Waals surface area contributed by atoms with E-state index in [9.17, 15) is 0 Å². The number of nitrogens with zero attached hydrogens (tertiary/aromatic N) is 1. The van der Waals surface area contributed by atoms with Gasteiger partial charge in [0.1, 0.15) is 0 Å². The van der Waals surface area contributed by atoms with Crippen LogP contribution in [0.4, 0.5) is 0 Å². The normalized spacial score (nSPS) is 29.3. The number of ether oxygens (including phenoxy) is 1. The molecule has 3 atom stereocenters. The van der Waals surface area contributed by atoms with Crippen LogP contribution < -0.4 is 0 Å². The van der Waals surface area contributed by atoms with Crippen LogP contribution in [0.25, 0.3) is 0 Å². The van der Waals surface area contributed by atoms with Crippen molar-refractivity contribution in [1.29, 1.82) is 0 Å². The molecule has 0 aromatic heterocycles. The fourth-order valence-electron chi connectivity index (χ4n) is 2.49. The standard InChI is InChI=1S/C14H29NOS/c1-11-6-7-15(9-13(11)16-5)8-12(10-17)14(2,3)4/h11-13,17H,6-10H2,1-5H3. The number of hydrogen-bond donors (Lipinski definition) is 1. The van der Waals surface area contributed by atoms with Gasteiger partial charge in [0.15, 0.2) is 0 Å². The number of piperidine rings is 1. The van der Waals surface area contributed by atoms with Crippen LogP contribution >= 0.6 is 12.6 Å². The fraction of sp³-hybridized carbons (Fsp3) is 1.00. The zero-order valence-electron chi connectivity index (χ0n) is 12.1. The third kappa shape index (κ3) is 4.46. The lowest BCUT2D eigenvalue weighted by Gasteiger charge is -2.40. The topological polar surface area (TPSA) is 12.5 Å². The molecule has 1 heterocycles. The van der Waals surface area contributed by atoms with E-state index in [0.29, 0.717) is 23.4 Å². The Morgan fingerprint density at radius 1 is 1.41 bits per heavy atom. The molecule has 0 spiro atoms. The van der Waals surface area contributed by atoms with Crippen molar-refractivity contribution in [2.45, 2.75) is 40.2 Å². The molecule has 0 N–H and O–H groups in total. The Kier molecular flexibility index (Phi) is 5.81. The largest absolute Gasteiger partial charge is 0.380 e. The van der Waals surface area contributed by atoms with E-state index in [4.69, 9.17) is 4.74 Å². The molecule has 0 radical (unpaired) electrons. The predicted molar refractivity (Wildman–Crippen MR) is 77.8 cm³/mol. The second-order valence-electron chi connectivity index (χ2n) is 6.55. The van der Waals surface area contributed by atoms with E-state index in [-0.39, 0.29) is 0 Å². The van der Waals surface area contributed by atoms with Crippen LogP contribution in [0, 0.1) is 17.3 Å². The van der Waals surface area contributed by atoms with Gasteiger partial charge in [0.05, 0.1) is 6.10 Å². The molecule has 0 amide bonds. The highest BCUT2D eigenvalue weighted by Crippen LogP contribution is 2.29.